The highest BCUT2D eigenvalue weighted by Gasteiger charge is 2.44. The minimum Gasteiger partial charge on any atom is -0.500 e. The molecule has 2 aromatic rings. The van der Waals surface area contributed by atoms with Gasteiger partial charge in [0.1, 0.15) is 5.76 Å². The van der Waals surface area contributed by atoms with Gasteiger partial charge in [0.05, 0.1) is 12.4 Å². The number of ether oxygens (including phenoxy) is 1. The highest BCUT2D eigenvalue weighted by atomic mass is 16.5. The first-order valence-corrected chi connectivity index (χ1v) is 7.61. The maximum atomic E-state index is 10.1. The highest BCUT2D eigenvalue weighted by molar-refractivity contribution is 6.46. The Morgan fingerprint density at radius 1 is 0.957 bits per heavy atom. The van der Waals surface area contributed by atoms with Crippen LogP contribution in [0, 0.1) is 0 Å². The first-order chi connectivity index (χ1) is 11.2. The molecule has 2 N–H and O–H groups in total. The van der Waals surface area contributed by atoms with Gasteiger partial charge in [0.25, 0.3) is 0 Å². The highest BCUT2D eigenvalue weighted by Crippen LogP contribution is 2.41. The van der Waals surface area contributed by atoms with Crippen molar-refractivity contribution in [3.63, 3.8) is 0 Å². The van der Waals surface area contributed by atoms with Crippen LogP contribution >= 0.6 is 0 Å². The Labute approximate surface area is 136 Å². The zero-order chi connectivity index (χ0) is 16.3. The van der Waals surface area contributed by atoms with Gasteiger partial charge in [0, 0.05) is 12.0 Å². The van der Waals surface area contributed by atoms with E-state index in [4.69, 9.17) is 4.74 Å². The number of methoxy groups -OCH3 is 1. The van der Waals surface area contributed by atoms with E-state index < -0.39 is 12.4 Å². The summed E-state index contributed by atoms with van der Waals surface area (Å²) in [5, 5.41) is 19.3. The summed E-state index contributed by atoms with van der Waals surface area (Å²) in [6.07, 6.45) is 4.19. The fourth-order valence-electron chi connectivity index (χ4n) is 3.08. The van der Waals surface area contributed by atoms with Crippen molar-refractivity contribution < 1.29 is 14.8 Å². The normalized spacial score (nSPS) is 20.5. The van der Waals surface area contributed by atoms with E-state index in [1.54, 1.807) is 7.11 Å². The van der Waals surface area contributed by atoms with Crippen molar-refractivity contribution in [1.82, 2.24) is 0 Å². The SMILES string of the molecule is COC1=C(c2ccccc2)C=CC(B(O)O)(c2ccccc2)C1. The Morgan fingerprint density at radius 2 is 1.57 bits per heavy atom. The van der Waals surface area contributed by atoms with E-state index in [2.05, 4.69) is 0 Å². The van der Waals surface area contributed by atoms with E-state index in [0.29, 0.717) is 6.42 Å². The maximum Gasteiger partial charge on any atom is 0.467 e. The summed E-state index contributed by atoms with van der Waals surface area (Å²) in [7, 11) is 0.111. The molecule has 0 saturated heterocycles. The van der Waals surface area contributed by atoms with E-state index in [9.17, 15) is 10.0 Å². The largest absolute Gasteiger partial charge is 0.500 e. The average molecular weight is 306 g/mol. The van der Waals surface area contributed by atoms with Crippen molar-refractivity contribution in [2.45, 2.75) is 11.7 Å². The maximum absolute atomic E-state index is 10.1. The van der Waals surface area contributed by atoms with Gasteiger partial charge in [0.2, 0.25) is 0 Å². The second kappa shape index (κ2) is 6.45. The summed E-state index contributed by atoms with van der Waals surface area (Å²) >= 11 is 0. The van der Waals surface area contributed by atoms with E-state index in [-0.39, 0.29) is 0 Å². The fraction of sp³-hybridized carbons (Fsp3) is 0.158. The number of rotatable bonds is 4. The summed E-state index contributed by atoms with van der Waals surface area (Å²) in [5.41, 5.74) is 2.88. The van der Waals surface area contributed by atoms with Crippen LogP contribution in [0.4, 0.5) is 0 Å². The molecule has 0 fully saturated rings. The fourth-order valence-corrected chi connectivity index (χ4v) is 3.08. The van der Waals surface area contributed by atoms with Gasteiger partial charge in [-0.15, -0.1) is 0 Å². The average Bonchev–Trinajstić information content (AvgIpc) is 2.62. The predicted octanol–water partition coefficient (Wildman–Crippen LogP) is 2.95. The molecule has 1 unspecified atom stereocenters. The molecule has 116 valence electrons. The van der Waals surface area contributed by atoms with Crippen LogP contribution in [0.2, 0.25) is 0 Å². The van der Waals surface area contributed by atoms with E-state index in [1.807, 2.05) is 72.8 Å². The molecule has 23 heavy (non-hydrogen) atoms. The predicted molar refractivity (Wildman–Crippen MR) is 92.4 cm³/mol. The lowest BCUT2D eigenvalue weighted by Gasteiger charge is -2.34. The first-order valence-electron chi connectivity index (χ1n) is 7.61. The standard InChI is InChI=1S/C19H19BO3/c1-23-18-14-19(20(21)22,16-10-6-3-7-11-16)13-12-17(18)15-8-4-2-5-9-15/h2-13,21-22H,14H2,1H3. The Hall–Kier alpha value is -2.30. The Bertz CT molecular complexity index is 723. The lowest BCUT2D eigenvalue weighted by Crippen LogP contribution is -2.43. The second-order valence-electron chi connectivity index (χ2n) is 5.70. The smallest absolute Gasteiger partial charge is 0.467 e. The molecule has 1 atom stereocenters. The lowest BCUT2D eigenvalue weighted by atomic mass is 9.51. The Kier molecular flexibility index (Phi) is 4.37. The summed E-state index contributed by atoms with van der Waals surface area (Å²) in [4.78, 5) is 0. The third kappa shape index (κ3) is 2.83. The topological polar surface area (TPSA) is 49.7 Å². The van der Waals surface area contributed by atoms with Crippen LogP contribution in [-0.2, 0) is 10.1 Å². The molecular formula is C19H19BO3. The van der Waals surface area contributed by atoms with Crippen LogP contribution in [0.5, 0.6) is 0 Å². The summed E-state index contributed by atoms with van der Waals surface area (Å²) in [6, 6.07) is 19.5. The zero-order valence-electron chi connectivity index (χ0n) is 13.0. The van der Waals surface area contributed by atoms with Crippen molar-refractivity contribution in [3.8, 4) is 0 Å². The minimum absolute atomic E-state index is 0.395. The van der Waals surface area contributed by atoms with Gasteiger partial charge in [-0.05, 0) is 11.1 Å². The van der Waals surface area contributed by atoms with Gasteiger partial charge in [0.15, 0.2) is 0 Å². The van der Waals surface area contributed by atoms with Crippen molar-refractivity contribution in [2.24, 2.45) is 0 Å². The molecule has 0 radical (unpaired) electrons. The minimum atomic E-state index is -1.51. The Balaban J connectivity index is 2.06. The molecule has 1 aliphatic rings. The lowest BCUT2D eigenvalue weighted by molar-refractivity contribution is 0.259. The third-order valence-corrected chi connectivity index (χ3v) is 4.40. The zero-order valence-corrected chi connectivity index (χ0v) is 13.0. The van der Waals surface area contributed by atoms with Crippen LogP contribution in [0.3, 0.4) is 0 Å². The van der Waals surface area contributed by atoms with Gasteiger partial charge in [-0.2, -0.15) is 0 Å². The van der Waals surface area contributed by atoms with Crippen LogP contribution in [-0.4, -0.2) is 24.3 Å². The summed E-state index contributed by atoms with van der Waals surface area (Å²) < 4.78 is 5.59. The molecular weight excluding hydrogens is 287 g/mol. The number of allylic oxidation sites excluding steroid dienone is 4. The van der Waals surface area contributed by atoms with Gasteiger partial charge >= 0.3 is 7.12 Å². The molecule has 4 heteroatoms. The summed E-state index contributed by atoms with van der Waals surface area (Å²) in [5.74, 6) is 0.746. The third-order valence-electron chi connectivity index (χ3n) is 4.40. The van der Waals surface area contributed by atoms with E-state index in [0.717, 1.165) is 22.5 Å². The van der Waals surface area contributed by atoms with E-state index >= 15 is 0 Å². The second-order valence-corrected chi connectivity index (χ2v) is 5.70. The molecule has 0 aliphatic heterocycles. The molecule has 0 heterocycles. The quantitative estimate of drug-likeness (QED) is 0.854. The van der Waals surface area contributed by atoms with Crippen molar-refractivity contribution in [2.75, 3.05) is 7.11 Å². The molecule has 0 spiro atoms. The van der Waals surface area contributed by atoms with Gasteiger partial charge in [-0.25, -0.2) is 0 Å². The molecule has 3 rings (SSSR count). The molecule has 2 aromatic carbocycles. The first kappa shape index (κ1) is 15.6. The summed E-state index contributed by atoms with van der Waals surface area (Å²) in [6.45, 7) is 0. The van der Waals surface area contributed by atoms with Gasteiger partial charge in [-0.3, -0.25) is 0 Å². The number of hydrogen-bond acceptors (Lipinski definition) is 3. The van der Waals surface area contributed by atoms with Crippen molar-refractivity contribution in [3.05, 3.63) is 89.7 Å². The number of benzene rings is 2. The molecule has 0 saturated carbocycles. The van der Waals surface area contributed by atoms with E-state index in [1.165, 1.54) is 0 Å². The molecule has 0 bridgehead atoms. The van der Waals surface area contributed by atoms with Crippen molar-refractivity contribution in [1.29, 1.82) is 0 Å². The monoisotopic (exact) mass is 306 g/mol. The number of hydrogen-bond donors (Lipinski definition) is 2. The molecule has 0 aromatic heterocycles. The van der Waals surface area contributed by atoms with Crippen LogP contribution in [0.25, 0.3) is 5.57 Å². The van der Waals surface area contributed by atoms with Gasteiger partial charge < -0.3 is 14.8 Å². The van der Waals surface area contributed by atoms with Crippen LogP contribution < -0.4 is 0 Å². The van der Waals surface area contributed by atoms with Crippen molar-refractivity contribution >= 4 is 12.7 Å². The molecule has 0 amide bonds. The van der Waals surface area contributed by atoms with Gasteiger partial charge in [-0.1, -0.05) is 72.8 Å². The van der Waals surface area contributed by atoms with Crippen LogP contribution in [0.15, 0.2) is 78.6 Å². The molecule has 1 aliphatic carbocycles. The van der Waals surface area contributed by atoms with Crippen LogP contribution in [0.1, 0.15) is 17.5 Å². The molecule has 3 nitrogen and oxygen atoms in total. The Morgan fingerprint density at radius 3 is 2.13 bits per heavy atom.